The van der Waals surface area contributed by atoms with Gasteiger partial charge in [0.05, 0.1) is 17.3 Å². The third-order valence-electron chi connectivity index (χ3n) is 2.44. The van der Waals surface area contributed by atoms with E-state index < -0.39 is 12.1 Å². The number of carbonyl (C=O) groups is 1. The van der Waals surface area contributed by atoms with E-state index in [0.717, 1.165) is 0 Å². The fraction of sp³-hybridized carbons (Fsp3) is 0.273. The molecule has 2 unspecified atom stereocenters. The van der Waals surface area contributed by atoms with Gasteiger partial charge in [-0.3, -0.25) is 0 Å². The van der Waals surface area contributed by atoms with Crippen LogP contribution in [0.15, 0.2) is 18.2 Å². The zero-order chi connectivity index (χ0) is 11.7. The fourth-order valence-corrected chi connectivity index (χ4v) is 1.58. The first-order valence-electron chi connectivity index (χ1n) is 4.82. The van der Waals surface area contributed by atoms with Crippen molar-refractivity contribution in [2.75, 3.05) is 5.32 Å². The van der Waals surface area contributed by atoms with Crippen molar-refractivity contribution in [2.45, 2.75) is 19.1 Å². The lowest BCUT2D eigenvalue weighted by molar-refractivity contribution is 0.0697. The van der Waals surface area contributed by atoms with Crippen molar-refractivity contribution in [3.63, 3.8) is 0 Å². The number of nitriles is 1. The lowest BCUT2D eigenvalue weighted by Gasteiger charge is -2.29. The van der Waals surface area contributed by atoms with E-state index >= 15 is 0 Å². The second-order valence-corrected chi connectivity index (χ2v) is 3.62. The van der Waals surface area contributed by atoms with Gasteiger partial charge in [0, 0.05) is 0 Å². The first-order chi connectivity index (χ1) is 7.61. The maximum Gasteiger partial charge on any atom is 0.335 e. The smallest absolute Gasteiger partial charge is 0.335 e. The molecule has 1 heterocycles. The molecule has 2 N–H and O–H groups in total. The summed E-state index contributed by atoms with van der Waals surface area (Å²) >= 11 is 0. The van der Waals surface area contributed by atoms with E-state index in [1.165, 1.54) is 12.1 Å². The van der Waals surface area contributed by atoms with Crippen LogP contribution in [0, 0.1) is 11.3 Å². The zero-order valence-corrected chi connectivity index (χ0v) is 8.60. The molecule has 5 heteroatoms. The number of rotatable bonds is 1. The summed E-state index contributed by atoms with van der Waals surface area (Å²) in [5, 5.41) is 20.7. The van der Waals surface area contributed by atoms with Gasteiger partial charge in [0.25, 0.3) is 0 Å². The lowest BCUT2D eigenvalue weighted by atomic mass is 10.1. The fourth-order valence-electron chi connectivity index (χ4n) is 1.58. The molecule has 0 aromatic heterocycles. The molecule has 2 atom stereocenters. The first kappa shape index (κ1) is 10.3. The molecule has 82 valence electrons. The molecule has 0 fully saturated rings. The molecule has 1 aliphatic heterocycles. The summed E-state index contributed by atoms with van der Waals surface area (Å²) in [5.74, 6) is -0.477. The van der Waals surface area contributed by atoms with E-state index in [1.54, 1.807) is 6.07 Å². The Kier molecular flexibility index (Phi) is 2.41. The summed E-state index contributed by atoms with van der Waals surface area (Å²) in [6.07, 6.45) is -0.553. The van der Waals surface area contributed by atoms with Crippen LogP contribution in [0.5, 0.6) is 5.75 Å². The van der Waals surface area contributed by atoms with Gasteiger partial charge in [-0.2, -0.15) is 5.26 Å². The number of ether oxygens (including phenoxy) is 1. The molecule has 16 heavy (non-hydrogen) atoms. The summed E-state index contributed by atoms with van der Waals surface area (Å²) in [6.45, 7) is 1.81. The van der Waals surface area contributed by atoms with E-state index in [1.807, 2.05) is 13.0 Å². The van der Waals surface area contributed by atoms with Gasteiger partial charge in [-0.1, -0.05) is 0 Å². The molecule has 1 aliphatic rings. The molecule has 2 rings (SSSR count). The Morgan fingerprint density at radius 2 is 2.38 bits per heavy atom. The average Bonchev–Trinajstić information content (AvgIpc) is 2.27. The molecule has 5 nitrogen and oxygen atoms in total. The maximum absolute atomic E-state index is 10.8. The highest BCUT2D eigenvalue weighted by molar-refractivity contribution is 5.89. The Bertz CT molecular complexity index is 479. The van der Waals surface area contributed by atoms with E-state index in [4.69, 9.17) is 15.1 Å². The maximum atomic E-state index is 10.8. The number of anilines is 1. The van der Waals surface area contributed by atoms with Crippen LogP contribution in [0.4, 0.5) is 5.69 Å². The summed E-state index contributed by atoms with van der Waals surface area (Å²) in [7, 11) is 0. The van der Waals surface area contributed by atoms with Gasteiger partial charge >= 0.3 is 5.97 Å². The minimum atomic E-state index is -0.986. The van der Waals surface area contributed by atoms with Gasteiger partial charge in [0.15, 0.2) is 0 Å². The molecule has 0 bridgehead atoms. The number of fused-ring (bicyclic) bond motifs is 1. The van der Waals surface area contributed by atoms with Crippen LogP contribution in [0.1, 0.15) is 17.3 Å². The van der Waals surface area contributed by atoms with Gasteiger partial charge in [-0.05, 0) is 25.1 Å². The van der Waals surface area contributed by atoms with Crippen molar-refractivity contribution in [1.82, 2.24) is 0 Å². The number of carboxylic acid groups (broad SMARTS) is 1. The third-order valence-corrected chi connectivity index (χ3v) is 2.44. The number of nitrogens with one attached hydrogen (secondary N) is 1. The summed E-state index contributed by atoms with van der Waals surface area (Å²) in [5.41, 5.74) is 0.802. The molecular weight excluding hydrogens is 208 g/mol. The average molecular weight is 218 g/mol. The molecule has 0 spiro atoms. The van der Waals surface area contributed by atoms with Crippen LogP contribution in [0.2, 0.25) is 0 Å². The van der Waals surface area contributed by atoms with Crippen molar-refractivity contribution >= 4 is 11.7 Å². The van der Waals surface area contributed by atoms with E-state index in [2.05, 4.69) is 5.32 Å². The Morgan fingerprint density at radius 3 is 3.00 bits per heavy atom. The summed E-state index contributed by atoms with van der Waals surface area (Å²) in [6, 6.07) is 6.38. The Labute approximate surface area is 92.3 Å². The van der Waals surface area contributed by atoms with Gasteiger partial charge in [0.2, 0.25) is 6.10 Å². The molecule has 0 radical (unpaired) electrons. The molecule has 1 aromatic rings. The predicted molar refractivity (Wildman–Crippen MR) is 56.5 cm³/mol. The standard InChI is InChI=1S/C11H10N2O3/c1-6-10(5-12)16-9-3-2-7(11(14)15)4-8(9)13-6/h2-4,6,10,13H,1H3,(H,14,15). The van der Waals surface area contributed by atoms with Crippen LogP contribution in [0.3, 0.4) is 0 Å². The highest BCUT2D eigenvalue weighted by atomic mass is 16.5. The Balaban J connectivity index is 2.37. The normalized spacial score (nSPS) is 22.2. The summed E-state index contributed by atoms with van der Waals surface area (Å²) in [4.78, 5) is 10.8. The van der Waals surface area contributed by atoms with Gasteiger partial charge in [-0.15, -0.1) is 0 Å². The van der Waals surface area contributed by atoms with E-state index in [-0.39, 0.29) is 11.6 Å². The number of nitrogens with zero attached hydrogens (tertiary/aromatic N) is 1. The minimum Gasteiger partial charge on any atom is -0.478 e. The monoisotopic (exact) mass is 218 g/mol. The largest absolute Gasteiger partial charge is 0.478 e. The second-order valence-electron chi connectivity index (χ2n) is 3.62. The van der Waals surface area contributed by atoms with Crippen LogP contribution < -0.4 is 10.1 Å². The van der Waals surface area contributed by atoms with Crippen molar-refractivity contribution < 1.29 is 14.6 Å². The van der Waals surface area contributed by atoms with Crippen molar-refractivity contribution in [2.24, 2.45) is 0 Å². The highest BCUT2D eigenvalue weighted by Gasteiger charge is 2.26. The van der Waals surface area contributed by atoms with Gasteiger partial charge in [0.1, 0.15) is 11.8 Å². The van der Waals surface area contributed by atoms with Gasteiger partial charge < -0.3 is 15.2 Å². The van der Waals surface area contributed by atoms with Crippen LogP contribution in [0.25, 0.3) is 0 Å². The Hall–Kier alpha value is -2.22. The predicted octanol–water partition coefficient (Wildman–Crippen LogP) is 1.47. The molecule has 0 saturated carbocycles. The number of aromatic carboxylic acids is 1. The number of benzene rings is 1. The van der Waals surface area contributed by atoms with E-state index in [0.29, 0.717) is 11.4 Å². The highest BCUT2D eigenvalue weighted by Crippen LogP contribution is 2.31. The molecular formula is C11H10N2O3. The van der Waals surface area contributed by atoms with E-state index in [9.17, 15) is 4.79 Å². The van der Waals surface area contributed by atoms with Crippen LogP contribution >= 0.6 is 0 Å². The Morgan fingerprint density at radius 1 is 1.62 bits per heavy atom. The number of carboxylic acids is 1. The molecule has 1 aromatic carbocycles. The summed E-state index contributed by atoms with van der Waals surface area (Å²) < 4.78 is 5.41. The third kappa shape index (κ3) is 1.65. The first-order valence-corrected chi connectivity index (χ1v) is 4.82. The quantitative estimate of drug-likeness (QED) is 0.745. The molecule has 0 saturated heterocycles. The SMILES string of the molecule is CC1Nc2cc(C(=O)O)ccc2OC1C#N. The molecule has 0 amide bonds. The lowest BCUT2D eigenvalue weighted by Crippen LogP contribution is -2.38. The van der Waals surface area contributed by atoms with Crippen molar-refractivity contribution in [3.05, 3.63) is 23.8 Å². The number of hydrogen-bond donors (Lipinski definition) is 2. The van der Waals surface area contributed by atoms with Crippen molar-refractivity contribution in [1.29, 1.82) is 5.26 Å². The van der Waals surface area contributed by atoms with Crippen LogP contribution in [-0.2, 0) is 0 Å². The molecule has 0 aliphatic carbocycles. The second kappa shape index (κ2) is 3.74. The number of hydrogen-bond acceptors (Lipinski definition) is 4. The van der Waals surface area contributed by atoms with Crippen molar-refractivity contribution in [3.8, 4) is 11.8 Å². The topological polar surface area (TPSA) is 82.3 Å². The zero-order valence-electron chi connectivity index (χ0n) is 8.60. The van der Waals surface area contributed by atoms with Gasteiger partial charge in [-0.25, -0.2) is 4.79 Å². The van der Waals surface area contributed by atoms with Crippen LogP contribution in [-0.4, -0.2) is 23.2 Å². The minimum absolute atomic E-state index is 0.165.